The van der Waals surface area contributed by atoms with Gasteiger partial charge in [-0.1, -0.05) is 26.0 Å². The van der Waals surface area contributed by atoms with Gasteiger partial charge in [0.15, 0.2) is 0 Å². The summed E-state index contributed by atoms with van der Waals surface area (Å²) in [4.78, 5) is 0. The number of benzene rings is 2. The first-order valence-electron chi connectivity index (χ1n) is 8.53. The second-order valence-corrected chi connectivity index (χ2v) is 5.90. The topological polar surface area (TPSA) is 0 Å². The number of hydrogen-bond donors (Lipinski definition) is 0. The zero-order chi connectivity index (χ0) is 19.4. The summed E-state index contributed by atoms with van der Waals surface area (Å²) >= 11 is 1.36. The van der Waals surface area contributed by atoms with Gasteiger partial charge in [-0.25, -0.2) is 0 Å². The van der Waals surface area contributed by atoms with E-state index in [1.807, 2.05) is 0 Å². The maximum atomic E-state index is 3.49. The quantitative estimate of drug-likeness (QED) is 0.202. The summed E-state index contributed by atoms with van der Waals surface area (Å²) in [6.45, 7) is 14.2. The van der Waals surface area contributed by atoms with Crippen LogP contribution in [0.25, 0.3) is 21.5 Å². The summed E-state index contributed by atoms with van der Waals surface area (Å²) in [6, 6.07) is 25.7. The summed E-state index contributed by atoms with van der Waals surface area (Å²) < 4.78 is 0. The molecule has 0 spiro atoms. The summed E-state index contributed by atoms with van der Waals surface area (Å²) in [5.41, 5.74) is 2.70. The summed E-state index contributed by atoms with van der Waals surface area (Å²) in [5.74, 6) is 0. The van der Waals surface area contributed by atoms with Gasteiger partial charge in [-0.2, -0.15) is 18.6 Å². The molecule has 29 heavy (non-hydrogen) atoms. The van der Waals surface area contributed by atoms with Gasteiger partial charge in [0, 0.05) is 0 Å². The summed E-state index contributed by atoms with van der Waals surface area (Å²) in [7, 11) is 0. The monoisotopic (exact) mass is 516 g/mol. The molecule has 0 amide bonds. The van der Waals surface area contributed by atoms with E-state index in [1.165, 1.54) is 56.0 Å². The average Bonchev–Trinajstić information content (AvgIpc) is 3.24. The fourth-order valence-corrected chi connectivity index (χ4v) is 2.61. The second kappa shape index (κ2) is 19.1. The molecule has 0 aliphatic carbocycles. The fourth-order valence-electron chi connectivity index (χ4n) is 2.61. The second-order valence-electron chi connectivity index (χ2n) is 5.90. The van der Waals surface area contributed by atoms with E-state index in [0.29, 0.717) is 0 Å². The van der Waals surface area contributed by atoms with Gasteiger partial charge in [0.2, 0.25) is 0 Å². The Morgan fingerprint density at radius 3 is 1.45 bits per heavy atom. The van der Waals surface area contributed by atoms with Crippen molar-refractivity contribution in [1.82, 2.24) is 0 Å². The molecule has 0 aromatic heterocycles. The van der Waals surface area contributed by atoms with Crippen LogP contribution in [0.2, 0.25) is 0 Å². The van der Waals surface area contributed by atoms with Crippen LogP contribution in [0.1, 0.15) is 17.5 Å². The molecule has 4 aromatic carbocycles. The van der Waals surface area contributed by atoms with Crippen molar-refractivity contribution < 1.29 is 48.1 Å². The number of hydrogen-bond acceptors (Lipinski definition) is 0. The van der Waals surface area contributed by atoms with E-state index in [-0.39, 0.29) is 32.2 Å². The summed E-state index contributed by atoms with van der Waals surface area (Å²) in [6.07, 6.45) is 2.60. The predicted molar refractivity (Wildman–Crippen MR) is 121 cm³/mol. The first kappa shape index (κ1) is 32.7. The molecule has 0 N–H and O–H groups in total. The Hall–Kier alpha value is -0.920. The number of aryl methyl sites for hydroxylation is 2. The molecule has 0 nitrogen and oxygen atoms in total. The van der Waals surface area contributed by atoms with Crippen LogP contribution in [0.5, 0.6) is 0 Å². The molecule has 0 bridgehead atoms. The molecule has 0 unspecified atom stereocenters. The number of halogens is 2. The Bertz CT molecular complexity index is 787. The molecule has 156 valence electrons. The van der Waals surface area contributed by atoms with Crippen molar-refractivity contribution in [3.05, 3.63) is 111 Å². The SMILES string of the molecule is C=CC[CH2-].Cc1cc2ccccc2[cH-]1.Cc1cc2ccccc2[cH-]1.[CH3-].[Cl-].[Cl-].[Si]=[Zr]. The van der Waals surface area contributed by atoms with Crippen molar-refractivity contribution in [2.24, 2.45) is 0 Å². The van der Waals surface area contributed by atoms with E-state index >= 15 is 0 Å². The van der Waals surface area contributed by atoms with Crippen molar-refractivity contribution in [1.29, 1.82) is 0 Å². The molecule has 4 heteroatoms. The van der Waals surface area contributed by atoms with Crippen molar-refractivity contribution in [2.45, 2.75) is 20.3 Å². The first-order valence-corrected chi connectivity index (χ1v) is 12.7. The van der Waals surface area contributed by atoms with Crippen LogP contribution in [-0.2, 0) is 23.3 Å². The van der Waals surface area contributed by atoms with Crippen LogP contribution in [0, 0.1) is 28.2 Å². The molecule has 0 atom stereocenters. The number of fused-ring (bicyclic) bond motifs is 2. The van der Waals surface area contributed by atoms with Crippen LogP contribution in [-0.4, -0.2) is 6.88 Å². The minimum absolute atomic E-state index is 0. The van der Waals surface area contributed by atoms with Gasteiger partial charge in [0.05, 0.1) is 0 Å². The van der Waals surface area contributed by atoms with Gasteiger partial charge in [-0.05, 0) is 0 Å². The van der Waals surface area contributed by atoms with E-state index < -0.39 is 0 Å². The fraction of sp³-hybridized carbons (Fsp3) is 0.120. The number of allylic oxidation sites excluding steroid dienone is 1. The number of rotatable bonds is 1. The molecule has 0 saturated heterocycles. The van der Waals surface area contributed by atoms with Gasteiger partial charge in [-0.3, -0.25) is 0 Å². The van der Waals surface area contributed by atoms with Crippen LogP contribution in [0.3, 0.4) is 0 Å². The first-order chi connectivity index (χ1) is 12.6. The summed E-state index contributed by atoms with van der Waals surface area (Å²) in [5, 5.41) is 5.39. The van der Waals surface area contributed by atoms with E-state index in [1.54, 1.807) is 6.08 Å². The van der Waals surface area contributed by atoms with E-state index in [0.717, 1.165) is 6.42 Å². The zero-order valence-electron chi connectivity index (χ0n) is 17.4. The van der Waals surface area contributed by atoms with Gasteiger partial charge in [0.1, 0.15) is 0 Å². The van der Waals surface area contributed by atoms with Crippen molar-refractivity contribution >= 4 is 28.4 Å². The van der Waals surface area contributed by atoms with Crippen LogP contribution in [0.15, 0.2) is 85.5 Å². The Morgan fingerprint density at radius 2 is 1.17 bits per heavy atom. The minimum atomic E-state index is 0. The molecule has 4 rings (SSSR count). The standard InChI is InChI=1S/2C10H9.C4H7.CH3.2ClH.Si.Zr/c2*1-8-6-9-4-2-3-5-10(9)7-8;1-3-4-2;;;;;/h2*2-7H,1H3;3H,1-2,4H2;1H3;2*1H;;/q4*-1;;;;/p-2. The molecule has 4 aromatic rings. The Kier molecular flexibility index (Phi) is 21.5. The average molecular weight is 519 g/mol. The van der Waals surface area contributed by atoms with E-state index in [9.17, 15) is 0 Å². The van der Waals surface area contributed by atoms with Crippen LogP contribution < -0.4 is 24.8 Å². The van der Waals surface area contributed by atoms with Gasteiger partial charge in [0.25, 0.3) is 0 Å². The van der Waals surface area contributed by atoms with Crippen molar-refractivity contribution in [3.8, 4) is 0 Å². The molecular formula is C25H28Cl2SiZr-6. The van der Waals surface area contributed by atoms with Gasteiger partial charge in [-0.15, -0.1) is 93.9 Å². The third kappa shape index (κ3) is 11.7. The van der Waals surface area contributed by atoms with Crippen molar-refractivity contribution in [3.63, 3.8) is 0 Å². The van der Waals surface area contributed by atoms with E-state index in [4.69, 9.17) is 0 Å². The van der Waals surface area contributed by atoms with Crippen LogP contribution in [0.4, 0.5) is 0 Å². The molecule has 0 saturated carbocycles. The molecule has 2 radical (unpaired) electrons. The van der Waals surface area contributed by atoms with E-state index in [2.05, 4.69) is 107 Å². The Labute approximate surface area is 206 Å². The maximum absolute atomic E-state index is 3.49. The predicted octanol–water partition coefficient (Wildman–Crippen LogP) is 1.21. The third-order valence-electron chi connectivity index (χ3n) is 3.73. The molecule has 0 aliphatic rings. The molecule has 0 heterocycles. The zero-order valence-corrected chi connectivity index (χ0v) is 22.4. The van der Waals surface area contributed by atoms with Crippen LogP contribution >= 0.6 is 0 Å². The molecular weight excluding hydrogens is 490 g/mol. The molecule has 0 aliphatic heterocycles. The third-order valence-corrected chi connectivity index (χ3v) is 3.73. The Morgan fingerprint density at radius 1 is 0.862 bits per heavy atom. The Balaban J connectivity index is -0.000000342. The van der Waals surface area contributed by atoms with Gasteiger partial charge < -0.3 is 39.2 Å². The normalized spacial score (nSPS) is 8.21. The van der Waals surface area contributed by atoms with Crippen molar-refractivity contribution in [2.75, 3.05) is 0 Å². The van der Waals surface area contributed by atoms with Gasteiger partial charge >= 0.3 is 30.2 Å². The molecule has 0 fully saturated rings.